The summed E-state index contributed by atoms with van der Waals surface area (Å²) in [7, 11) is 8.12. The van der Waals surface area contributed by atoms with Crippen LogP contribution in [0.2, 0.25) is 0 Å². The number of carbonyl (C=O) groups is 4. The quantitative estimate of drug-likeness (QED) is 0.0791. The number of nitrogens with zero attached hydrogens (tertiary/aromatic N) is 3. The van der Waals surface area contributed by atoms with E-state index in [-0.39, 0.29) is 93.0 Å². The van der Waals surface area contributed by atoms with E-state index in [1.54, 1.807) is 0 Å². The third-order valence-electron chi connectivity index (χ3n) is 26.4. The lowest BCUT2D eigenvalue weighted by molar-refractivity contribution is -0.121. The van der Waals surface area contributed by atoms with E-state index in [1.807, 2.05) is 127 Å². The third-order valence-corrected chi connectivity index (χ3v) is 26.4. The van der Waals surface area contributed by atoms with Crippen LogP contribution >= 0.6 is 0 Å². The fraction of sp³-hybridized carbons (Fsp3) is 0.393. The summed E-state index contributed by atoms with van der Waals surface area (Å²) in [5.74, 6) is 13.0. The van der Waals surface area contributed by atoms with Crippen molar-refractivity contribution in [1.29, 1.82) is 0 Å². The Labute approximate surface area is 758 Å². The van der Waals surface area contributed by atoms with Gasteiger partial charge in [-0.1, -0.05) is 80.1 Å². The molecule has 1 N–H and O–H groups in total. The van der Waals surface area contributed by atoms with E-state index in [0.29, 0.717) is 76.1 Å². The van der Waals surface area contributed by atoms with Crippen LogP contribution in [-0.2, 0) is 44.9 Å². The molecule has 0 saturated heterocycles. The van der Waals surface area contributed by atoms with Crippen molar-refractivity contribution in [2.45, 2.75) is 197 Å². The molecule has 5 unspecified atom stereocenters. The standard InChI is InChI=1S/C24H27NO4.C22H23NO4.C22H22O4.C21H23NO3.C18H17NO4/c1-25(2)16-7-8-19(22(11-16)29-18-5-3-4-6-18)21-12-17(26)9-15-10-23-24(13-20(15)21)28-14-27-23;1-23(2)14-3-6-17(20(9-14)27-16-4-5-16)19-10-15(24)7-13-8-21-22(11-18(13)19)26-12-25-21;23-15-9-14-10-21-22(25-13-24-21)12-18(14)19(11-15)17-7-3-4-8-20(17)26-16-5-1-2-6-16;1-3-7-14-10-16(15-8-5-6-9-19(15)23-4-2)17-11-20-21(25-13-24-20)12-18(17)22-14;1-2-21-14-6-4-3-5-12(14)18-13-9-16-15(22-10-23-16)7-11(13)8-17(20)19-18/h7-8,10-11,13,18,21H,3-6,9,12,14H2,1-2H3;3,6,8-9,11,16,19H,4-5,7,10,12H2,1-2H3;3-4,7-8,10,12,16,19H,1-2,5-6,9,11,13H2;5-6,8-9,11-12,16H,3-4,7,10,13H2,1-2H3;3-7,9,18H,2,8,10H2,1H3,(H,19,20). The first-order valence-corrected chi connectivity index (χ1v) is 46.2. The molecule has 674 valence electrons. The molecule has 23 heteroatoms. The van der Waals surface area contributed by atoms with Gasteiger partial charge in [-0.15, -0.1) is 0 Å². The van der Waals surface area contributed by atoms with Crippen LogP contribution in [0.5, 0.6) is 86.2 Å². The minimum absolute atomic E-state index is 0.00679. The second kappa shape index (κ2) is 38.3. The summed E-state index contributed by atoms with van der Waals surface area (Å²) < 4.78 is 86.1. The van der Waals surface area contributed by atoms with Crippen molar-refractivity contribution < 1.29 is 90.2 Å². The molecule has 3 saturated carbocycles. The van der Waals surface area contributed by atoms with Crippen LogP contribution in [0.1, 0.15) is 231 Å². The first-order chi connectivity index (χ1) is 63.5. The Morgan fingerprint density at radius 2 is 0.677 bits per heavy atom. The number of ketones is 3. The number of nitrogens with one attached hydrogen (secondary N) is 1. The van der Waals surface area contributed by atoms with Gasteiger partial charge >= 0.3 is 0 Å². The summed E-state index contributed by atoms with van der Waals surface area (Å²) in [4.78, 5) is 58.8. The van der Waals surface area contributed by atoms with Crippen LogP contribution in [0.25, 0.3) is 0 Å². The summed E-state index contributed by atoms with van der Waals surface area (Å²) in [6.07, 6.45) is 18.7. The van der Waals surface area contributed by atoms with E-state index >= 15 is 0 Å². The fourth-order valence-corrected chi connectivity index (χ4v) is 19.9. The molecular weight excluding hydrogens is 1650 g/mol. The minimum Gasteiger partial charge on any atom is -0.494 e. The molecule has 6 aliphatic carbocycles. The predicted molar refractivity (Wildman–Crippen MR) is 493 cm³/mol. The maximum Gasteiger partial charge on any atom is 0.231 e. The summed E-state index contributed by atoms with van der Waals surface area (Å²) >= 11 is 0. The SMILES string of the molecule is CCCC1=Nc2cc3c(cc2C(c2ccccc2OCC)C1)OCO3.CCOc1ccccc1C1NC(=O)Cc2cc3c(cc21)OCO3.CN(C)c1ccc(C2CC(=O)Cc3cc4c(cc32)OCO4)c(OC2CC2)c1.CN(C)c1ccc(C2CC(=O)Cc3cc4c(cc32)OCO4)c(OC2CCCC2)c1.O=C1Cc2cc3c(cc2C(c2ccccc2OC2CCCC2)C1)OCO3. The Hall–Kier alpha value is -13.1. The van der Waals surface area contributed by atoms with Crippen LogP contribution < -0.4 is 86.2 Å². The molecule has 3 fully saturated rings. The summed E-state index contributed by atoms with van der Waals surface area (Å²) in [5, 5.41) is 3.06. The highest BCUT2D eigenvalue weighted by atomic mass is 16.7. The van der Waals surface area contributed by atoms with Gasteiger partial charge in [-0.3, -0.25) is 24.2 Å². The lowest BCUT2D eigenvalue weighted by Gasteiger charge is -2.29. The minimum atomic E-state index is -0.247. The molecule has 5 atom stereocenters. The van der Waals surface area contributed by atoms with E-state index in [0.717, 1.165) is 222 Å². The number of aliphatic imine (C=N–C) groups is 1. The van der Waals surface area contributed by atoms with Gasteiger partial charge in [0, 0.05) is 153 Å². The zero-order valence-electron chi connectivity index (χ0n) is 75.0. The molecular formula is C107H112N4O19. The number of carbonyl (C=O) groups excluding carboxylic acids is 4. The van der Waals surface area contributed by atoms with Gasteiger partial charge in [-0.25, -0.2) is 0 Å². The highest BCUT2D eigenvalue weighted by molar-refractivity contribution is 5.92. The number of rotatable bonds is 19. The van der Waals surface area contributed by atoms with Gasteiger partial charge in [0.2, 0.25) is 39.9 Å². The monoisotopic (exact) mass is 1760 g/mol. The molecule has 13 aliphatic rings. The fourth-order valence-electron chi connectivity index (χ4n) is 19.9. The summed E-state index contributed by atoms with van der Waals surface area (Å²) in [6.45, 7) is 8.63. The summed E-state index contributed by atoms with van der Waals surface area (Å²) in [5.41, 5.74) is 19.7. The molecule has 130 heavy (non-hydrogen) atoms. The van der Waals surface area contributed by atoms with Gasteiger partial charge in [0.05, 0.1) is 49.7 Å². The molecule has 23 rings (SSSR count). The maximum atomic E-state index is 12.6. The number of hydrogen-bond donors (Lipinski definition) is 1. The smallest absolute Gasteiger partial charge is 0.231 e. The molecule has 0 bridgehead atoms. The number of ether oxygens (including phenoxy) is 15. The Morgan fingerprint density at radius 1 is 0.338 bits per heavy atom. The molecule has 7 aliphatic heterocycles. The van der Waals surface area contributed by atoms with Crippen LogP contribution in [0.15, 0.2) is 175 Å². The van der Waals surface area contributed by atoms with Crippen molar-refractivity contribution in [2.24, 2.45) is 4.99 Å². The van der Waals surface area contributed by atoms with E-state index < -0.39 is 0 Å². The zero-order chi connectivity index (χ0) is 89.0. The van der Waals surface area contributed by atoms with Gasteiger partial charge in [0.15, 0.2) is 57.5 Å². The Bertz CT molecular complexity index is 5960. The molecule has 1 amide bonds. The van der Waals surface area contributed by atoms with Gasteiger partial charge in [-0.2, -0.15) is 0 Å². The predicted octanol–water partition coefficient (Wildman–Crippen LogP) is 20.3. The normalized spacial score (nSPS) is 19.8. The van der Waals surface area contributed by atoms with Crippen molar-refractivity contribution in [2.75, 3.05) is 85.2 Å². The van der Waals surface area contributed by atoms with Crippen molar-refractivity contribution in [3.05, 3.63) is 248 Å². The number of anilines is 2. The van der Waals surface area contributed by atoms with E-state index in [4.69, 9.17) is 76.0 Å². The zero-order valence-corrected chi connectivity index (χ0v) is 75.0. The first-order valence-electron chi connectivity index (χ1n) is 46.2. The maximum absolute atomic E-state index is 12.6. The number of fused-ring (bicyclic) bond motifs is 10. The molecule has 23 nitrogen and oxygen atoms in total. The Morgan fingerprint density at radius 3 is 1.09 bits per heavy atom. The average molecular weight is 1760 g/mol. The van der Waals surface area contributed by atoms with E-state index in [2.05, 4.69) is 107 Å². The van der Waals surface area contributed by atoms with Crippen molar-refractivity contribution in [3.8, 4) is 86.2 Å². The molecule has 0 aromatic heterocycles. The number of Topliss-reactive ketones (excluding diaryl/α,β-unsaturated/α-hetero) is 3. The van der Waals surface area contributed by atoms with Crippen molar-refractivity contribution in [3.63, 3.8) is 0 Å². The number of benzene rings is 10. The first kappa shape index (κ1) is 86.3. The van der Waals surface area contributed by atoms with Crippen LogP contribution in [0.4, 0.5) is 17.1 Å². The van der Waals surface area contributed by atoms with Gasteiger partial charge in [-0.05, 0) is 226 Å². The van der Waals surface area contributed by atoms with Gasteiger partial charge in [0.25, 0.3) is 0 Å². The lowest BCUT2D eigenvalue weighted by Crippen LogP contribution is -2.36. The topological polar surface area (TPSA) is 238 Å². The largest absolute Gasteiger partial charge is 0.494 e. The van der Waals surface area contributed by atoms with Gasteiger partial charge < -0.3 is 86.2 Å². The average Bonchev–Trinajstić information content (AvgIpc) is 1.53. The Balaban J connectivity index is 0.000000106. The Kier molecular flexibility index (Phi) is 25.5. The lowest BCUT2D eigenvalue weighted by atomic mass is 9.77. The van der Waals surface area contributed by atoms with Gasteiger partial charge in [0.1, 0.15) is 46.1 Å². The van der Waals surface area contributed by atoms with E-state index in [9.17, 15) is 19.2 Å². The second-order valence-electron chi connectivity index (χ2n) is 35.7. The second-order valence-corrected chi connectivity index (χ2v) is 35.7. The van der Waals surface area contributed by atoms with Crippen molar-refractivity contribution in [1.82, 2.24) is 5.32 Å². The molecule has 0 spiro atoms. The third kappa shape index (κ3) is 18.8. The molecule has 10 aromatic carbocycles. The van der Waals surface area contributed by atoms with Crippen molar-refractivity contribution >= 4 is 46.0 Å². The number of amides is 1. The molecule has 7 heterocycles. The summed E-state index contributed by atoms with van der Waals surface area (Å²) in [6, 6.07) is 56.8. The number of para-hydroxylation sites is 3. The van der Waals surface area contributed by atoms with Crippen LogP contribution in [0.3, 0.4) is 0 Å². The van der Waals surface area contributed by atoms with E-state index in [1.165, 1.54) is 42.5 Å². The molecule has 10 aromatic rings. The van der Waals surface area contributed by atoms with Crippen LogP contribution in [-0.4, -0.2) is 123 Å². The highest BCUT2D eigenvalue weighted by Crippen LogP contribution is 2.53. The number of hydrogen-bond acceptors (Lipinski definition) is 22. The molecule has 0 radical (unpaired) electrons. The van der Waals surface area contributed by atoms with Crippen LogP contribution in [0, 0.1) is 0 Å². The highest BCUT2D eigenvalue weighted by Gasteiger charge is 2.39.